The van der Waals surface area contributed by atoms with Gasteiger partial charge in [0.15, 0.2) is 0 Å². The molecule has 1 aromatic carbocycles. The highest BCUT2D eigenvalue weighted by molar-refractivity contribution is 5.81. The van der Waals surface area contributed by atoms with Crippen molar-refractivity contribution in [1.29, 1.82) is 0 Å². The molecule has 0 spiro atoms. The van der Waals surface area contributed by atoms with Crippen LogP contribution in [0, 0.1) is 11.8 Å². The number of benzene rings is 1. The second-order valence-electron chi connectivity index (χ2n) is 5.05. The zero-order valence-electron chi connectivity index (χ0n) is 11.3. The fourth-order valence-electron chi connectivity index (χ4n) is 2.11. The summed E-state index contributed by atoms with van der Waals surface area (Å²) in [6.45, 7) is 6.77. The van der Waals surface area contributed by atoms with Crippen molar-refractivity contribution in [2.45, 2.75) is 33.2 Å². The van der Waals surface area contributed by atoms with Gasteiger partial charge in [0.2, 0.25) is 5.91 Å². The molecule has 0 saturated heterocycles. The zero-order valence-corrected chi connectivity index (χ0v) is 11.3. The van der Waals surface area contributed by atoms with Gasteiger partial charge in [-0.3, -0.25) is 4.79 Å². The van der Waals surface area contributed by atoms with Crippen LogP contribution in [0.4, 0.5) is 0 Å². The summed E-state index contributed by atoms with van der Waals surface area (Å²) in [4.78, 5) is 11.8. The first-order valence-electron chi connectivity index (χ1n) is 6.65. The molecule has 0 aromatic heterocycles. The summed E-state index contributed by atoms with van der Waals surface area (Å²) >= 11 is 0. The normalized spacial score (nSPS) is 23.3. The lowest BCUT2D eigenvalue weighted by molar-refractivity contribution is -0.123. The molecule has 0 unspecified atom stereocenters. The Hall–Kier alpha value is -1.51. The average Bonchev–Trinajstić information content (AvgIpc) is 3.08. The second kappa shape index (κ2) is 5.42. The molecular weight excluding hydrogens is 226 g/mol. The third-order valence-corrected chi connectivity index (χ3v) is 3.50. The van der Waals surface area contributed by atoms with Gasteiger partial charge in [-0.15, -0.1) is 0 Å². The third kappa shape index (κ3) is 3.03. The first-order chi connectivity index (χ1) is 8.61. The summed E-state index contributed by atoms with van der Waals surface area (Å²) in [5, 5.41) is 3.06. The van der Waals surface area contributed by atoms with Crippen LogP contribution < -0.4 is 10.1 Å². The lowest BCUT2D eigenvalue weighted by Gasteiger charge is -2.15. The van der Waals surface area contributed by atoms with Crippen LogP contribution in [0.2, 0.25) is 0 Å². The largest absolute Gasteiger partial charge is 0.494 e. The summed E-state index contributed by atoms with van der Waals surface area (Å²) in [5.74, 6) is 1.84. The molecule has 0 bridgehead atoms. The average molecular weight is 247 g/mol. The van der Waals surface area contributed by atoms with Crippen LogP contribution in [0.1, 0.15) is 38.8 Å². The summed E-state index contributed by atoms with van der Waals surface area (Å²) in [6.07, 6.45) is 1.03. The van der Waals surface area contributed by atoms with Crippen LogP contribution in [0.5, 0.6) is 5.75 Å². The van der Waals surface area contributed by atoms with Crippen LogP contribution in [-0.2, 0) is 4.79 Å². The topological polar surface area (TPSA) is 38.3 Å². The molecule has 1 N–H and O–H groups in total. The molecular formula is C15H21NO2. The summed E-state index contributed by atoms with van der Waals surface area (Å²) < 4.78 is 5.40. The fraction of sp³-hybridized carbons (Fsp3) is 0.533. The number of nitrogens with one attached hydrogen (secondary N) is 1. The lowest BCUT2D eigenvalue weighted by Crippen LogP contribution is -2.28. The number of hydrogen-bond acceptors (Lipinski definition) is 2. The van der Waals surface area contributed by atoms with E-state index in [-0.39, 0.29) is 17.9 Å². The van der Waals surface area contributed by atoms with E-state index in [1.165, 1.54) is 0 Å². The van der Waals surface area contributed by atoms with E-state index in [9.17, 15) is 4.79 Å². The maximum absolute atomic E-state index is 11.8. The smallest absolute Gasteiger partial charge is 0.223 e. The molecule has 2 rings (SSSR count). The SMILES string of the molecule is CCOc1ccc([C@@H](C)NC(=O)[C@H]2C[C@@H]2C)cc1. The predicted octanol–water partition coefficient (Wildman–Crippen LogP) is 2.92. The number of carbonyl (C=O) groups is 1. The van der Waals surface area contributed by atoms with Crippen molar-refractivity contribution in [1.82, 2.24) is 5.32 Å². The van der Waals surface area contributed by atoms with Crippen molar-refractivity contribution < 1.29 is 9.53 Å². The van der Waals surface area contributed by atoms with Gasteiger partial charge in [0.05, 0.1) is 12.6 Å². The van der Waals surface area contributed by atoms with E-state index in [0.29, 0.717) is 12.5 Å². The standard InChI is InChI=1S/C15H21NO2/c1-4-18-13-7-5-12(6-8-13)11(3)16-15(17)14-9-10(14)2/h5-8,10-11,14H,4,9H2,1-3H3,(H,16,17)/t10-,11+,14-/m0/s1. The Balaban J connectivity index is 1.91. The first-order valence-corrected chi connectivity index (χ1v) is 6.65. The van der Waals surface area contributed by atoms with E-state index in [1.807, 2.05) is 38.1 Å². The van der Waals surface area contributed by atoms with Crippen LogP contribution in [0.3, 0.4) is 0 Å². The molecule has 18 heavy (non-hydrogen) atoms. The van der Waals surface area contributed by atoms with Crippen LogP contribution in [-0.4, -0.2) is 12.5 Å². The van der Waals surface area contributed by atoms with Crippen molar-refractivity contribution in [2.24, 2.45) is 11.8 Å². The lowest BCUT2D eigenvalue weighted by atomic mass is 10.1. The highest BCUT2D eigenvalue weighted by atomic mass is 16.5. The number of rotatable bonds is 5. The van der Waals surface area contributed by atoms with Gasteiger partial charge in [-0.25, -0.2) is 0 Å². The maximum Gasteiger partial charge on any atom is 0.223 e. The van der Waals surface area contributed by atoms with Crippen molar-refractivity contribution in [3.63, 3.8) is 0 Å². The van der Waals surface area contributed by atoms with E-state index in [2.05, 4.69) is 12.2 Å². The molecule has 3 nitrogen and oxygen atoms in total. The van der Waals surface area contributed by atoms with E-state index in [1.54, 1.807) is 0 Å². The van der Waals surface area contributed by atoms with Gasteiger partial charge in [-0.05, 0) is 43.9 Å². The Morgan fingerprint density at radius 2 is 2.06 bits per heavy atom. The number of hydrogen-bond donors (Lipinski definition) is 1. The minimum Gasteiger partial charge on any atom is -0.494 e. The molecule has 0 aliphatic heterocycles. The van der Waals surface area contributed by atoms with E-state index in [0.717, 1.165) is 17.7 Å². The molecule has 0 heterocycles. The van der Waals surface area contributed by atoms with Gasteiger partial charge in [-0.2, -0.15) is 0 Å². The molecule has 1 aliphatic rings. The molecule has 3 atom stereocenters. The van der Waals surface area contributed by atoms with Crippen LogP contribution in [0.25, 0.3) is 0 Å². The van der Waals surface area contributed by atoms with Crippen LogP contribution >= 0.6 is 0 Å². The Bertz CT molecular complexity index is 413. The predicted molar refractivity (Wildman–Crippen MR) is 71.4 cm³/mol. The Morgan fingerprint density at radius 1 is 1.44 bits per heavy atom. The monoisotopic (exact) mass is 247 g/mol. The van der Waals surface area contributed by atoms with Gasteiger partial charge in [0.25, 0.3) is 0 Å². The molecule has 1 fully saturated rings. The van der Waals surface area contributed by atoms with Gasteiger partial charge >= 0.3 is 0 Å². The maximum atomic E-state index is 11.8. The van der Waals surface area contributed by atoms with Gasteiger partial charge in [-0.1, -0.05) is 19.1 Å². The Kier molecular flexibility index (Phi) is 3.90. The molecule has 0 radical (unpaired) electrons. The minimum atomic E-state index is 0.0565. The minimum absolute atomic E-state index is 0.0565. The van der Waals surface area contributed by atoms with Gasteiger partial charge in [0, 0.05) is 5.92 Å². The second-order valence-corrected chi connectivity index (χ2v) is 5.05. The van der Waals surface area contributed by atoms with Crippen molar-refractivity contribution >= 4 is 5.91 Å². The Labute approximate surface area is 109 Å². The third-order valence-electron chi connectivity index (χ3n) is 3.50. The molecule has 1 aromatic rings. The van der Waals surface area contributed by atoms with E-state index < -0.39 is 0 Å². The molecule has 1 saturated carbocycles. The highest BCUT2D eigenvalue weighted by Gasteiger charge is 2.39. The molecule has 1 amide bonds. The summed E-state index contributed by atoms with van der Waals surface area (Å²) in [5.41, 5.74) is 1.11. The number of ether oxygens (including phenoxy) is 1. The fourth-order valence-corrected chi connectivity index (χ4v) is 2.11. The van der Waals surface area contributed by atoms with Crippen molar-refractivity contribution in [3.8, 4) is 5.75 Å². The van der Waals surface area contributed by atoms with Crippen molar-refractivity contribution in [3.05, 3.63) is 29.8 Å². The van der Waals surface area contributed by atoms with Gasteiger partial charge < -0.3 is 10.1 Å². The number of amides is 1. The zero-order chi connectivity index (χ0) is 13.1. The molecule has 3 heteroatoms. The summed E-state index contributed by atoms with van der Waals surface area (Å²) in [7, 11) is 0. The summed E-state index contributed by atoms with van der Waals surface area (Å²) in [6, 6.07) is 7.96. The molecule has 1 aliphatic carbocycles. The highest BCUT2D eigenvalue weighted by Crippen LogP contribution is 2.38. The Morgan fingerprint density at radius 3 is 2.56 bits per heavy atom. The first kappa shape index (κ1) is 12.9. The molecule has 98 valence electrons. The van der Waals surface area contributed by atoms with E-state index >= 15 is 0 Å². The number of carbonyl (C=O) groups excluding carboxylic acids is 1. The van der Waals surface area contributed by atoms with E-state index in [4.69, 9.17) is 4.74 Å². The quantitative estimate of drug-likeness (QED) is 0.868. The van der Waals surface area contributed by atoms with Gasteiger partial charge in [0.1, 0.15) is 5.75 Å². The van der Waals surface area contributed by atoms with Crippen molar-refractivity contribution in [2.75, 3.05) is 6.61 Å². The van der Waals surface area contributed by atoms with Crippen LogP contribution in [0.15, 0.2) is 24.3 Å².